The van der Waals surface area contributed by atoms with E-state index in [1.807, 2.05) is 24.3 Å². The molecule has 0 aliphatic rings. The van der Waals surface area contributed by atoms with E-state index in [1.165, 1.54) is 5.56 Å². The van der Waals surface area contributed by atoms with Gasteiger partial charge in [0.1, 0.15) is 8.24 Å². The quantitative estimate of drug-likeness (QED) is 0.810. The highest BCUT2D eigenvalue weighted by Gasteiger charge is 2.36. The average molecular weight is 300 g/mol. The monoisotopic (exact) mass is 299 g/mol. The number of benzene rings is 1. The maximum atomic E-state index is 9.60. The van der Waals surface area contributed by atoms with Crippen LogP contribution in [0.5, 0.6) is 0 Å². The Labute approximate surface area is 123 Å². The summed E-state index contributed by atoms with van der Waals surface area (Å²) in [5.41, 5.74) is 1.20. The van der Waals surface area contributed by atoms with Crippen molar-refractivity contribution < 1.29 is 5.11 Å². The molecule has 0 radical (unpaired) electrons. The molecule has 1 aromatic rings. The van der Waals surface area contributed by atoms with E-state index < -0.39 is 8.24 Å². The fraction of sp³-hybridized carbons (Fsp3) is 0.600. The summed E-state index contributed by atoms with van der Waals surface area (Å²) in [4.78, 5) is 3.70. The van der Waals surface area contributed by atoms with Gasteiger partial charge in [0.15, 0.2) is 0 Å². The van der Waals surface area contributed by atoms with Crippen LogP contribution in [0.1, 0.15) is 26.3 Å². The molecule has 108 valence electrons. The van der Waals surface area contributed by atoms with Crippen LogP contribution >= 0.6 is 11.6 Å². The van der Waals surface area contributed by atoms with Crippen LogP contribution in [0.4, 0.5) is 0 Å². The van der Waals surface area contributed by atoms with Gasteiger partial charge in [0.2, 0.25) is 0 Å². The van der Waals surface area contributed by atoms with Crippen LogP contribution in [0.3, 0.4) is 0 Å². The molecule has 2 nitrogen and oxygen atoms in total. The zero-order chi connectivity index (χ0) is 14.7. The number of aliphatic hydroxyl groups is 1. The molecular weight excluding hydrogens is 274 g/mol. The minimum Gasteiger partial charge on any atom is -0.395 e. The van der Waals surface area contributed by atoms with Crippen molar-refractivity contribution in [3.05, 3.63) is 34.9 Å². The van der Waals surface area contributed by atoms with Gasteiger partial charge in [-0.15, -0.1) is 0 Å². The number of rotatable bonds is 5. The third kappa shape index (κ3) is 4.92. The first-order valence-corrected chi connectivity index (χ1v) is 10.2. The molecule has 0 amide bonds. The molecule has 19 heavy (non-hydrogen) atoms. The van der Waals surface area contributed by atoms with Crippen LogP contribution < -0.4 is 4.98 Å². The van der Waals surface area contributed by atoms with Crippen molar-refractivity contribution in [3.8, 4) is 0 Å². The molecular formula is C15H26ClNOSi. The average Bonchev–Trinajstić information content (AvgIpc) is 2.29. The van der Waals surface area contributed by atoms with Crippen molar-refractivity contribution in [1.29, 1.82) is 0 Å². The molecule has 0 fully saturated rings. The van der Waals surface area contributed by atoms with Crippen molar-refractivity contribution in [2.75, 3.05) is 6.61 Å². The van der Waals surface area contributed by atoms with Crippen molar-refractivity contribution >= 4 is 19.8 Å². The van der Waals surface area contributed by atoms with Gasteiger partial charge in [-0.05, 0) is 29.2 Å². The van der Waals surface area contributed by atoms with E-state index in [0.29, 0.717) is 0 Å². The van der Waals surface area contributed by atoms with Gasteiger partial charge in [-0.25, -0.2) is 0 Å². The molecule has 1 rings (SSSR count). The minimum atomic E-state index is -1.59. The molecule has 0 saturated carbocycles. The zero-order valence-corrected chi connectivity index (χ0v) is 14.4. The summed E-state index contributed by atoms with van der Waals surface area (Å²) < 4.78 is 0. The van der Waals surface area contributed by atoms with Gasteiger partial charge >= 0.3 is 0 Å². The maximum absolute atomic E-state index is 9.60. The Hall–Kier alpha value is -0.353. The first-order chi connectivity index (χ1) is 8.65. The topological polar surface area (TPSA) is 32.3 Å². The molecule has 0 bridgehead atoms. The fourth-order valence-electron chi connectivity index (χ4n) is 1.79. The molecule has 0 heterocycles. The maximum Gasteiger partial charge on any atom is 0.125 e. The zero-order valence-electron chi connectivity index (χ0n) is 12.6. The summed E-state index contributed by atoms with van der Waals surface area (Å²) in [6.45, 7) is 11.6. The van der Waals surface area contributed by atoms with Crippen LogP contribution in [0.15, 0.2) is 24.3 Å². The van der Waals surface area contributed by atoms with Crippen molar-refractivity contribution in [1.82, 2.24) is 4.98 Å². The first kappa shape index (κ1) is 16.7. The molecule has 2 N–H and O–H groups in total. The van der Waals surface area contributed by atoms with Crippen molar-refractivity contribution in [2.45, 2.75) is 51.4 Å². The van der Waals surface area contributed by atoms with Crippen LogP contribution in [0, 0.1) is 0 Å². The van der Waals surface area contributed by atoms with Gasteiger partial charge in [-0.2, -0.15) is 0 Å². The number of nitrogens with one attached hydrogen (secondary N) is 1. The highest BCUT2D eigenvalue weighted by Crippen LogP contribution is 2.34. The van der Waals surface area contributed by atoms with Gasteiger partial charge in [0.25, 0.3) is 0 Å². The lowest BCUT2D eigenvalue weighted by atomic mass is 10.1. The predicted molar refractivity (Wildman–Crippen MR) is 86.4 cm³/mol. The van der Waals surface area contributed by atoms with Gasteiger partial charge in [-0.3, -0.25) is 0 Å². The van der Waals surface area contributed by atoms with Gasteiger partial charge in [0, 0.05) is 11.1 Å². The lowest BCUT2D eigenvalue weighted by Crippen LogP contribution is -2.57. The van der Waals surface area contributed by atoms with Crippen LogP contribution in [-0.2, 0) is 6.42 Å². The van der Waals surface area contributed by atoms with E-state index in [2.05, 4.69) is 38.8 Å². The van der Waals surface area contributed by atoms with Gasteiger partial charge in [0.05, 0.1) is 6.61 Å². The van der Waals surface area contributed by atoms with Crippen LogP contribution in [0.2, 0.25) is 23.2 Å². The van der Waals surface area contributed by atoms with Crippen molar-refractivity contribution in [3.63, 3.8) is 0 Å². The standard InChI is InChI=1S/C15H26ClNOSi/c1-15(2,3)19(4,5)17-14(11-18)10-12-6-8-13(16)9-7-12/h6-9,14,17-18H,10-11H2,1-5H3/t14-/m0/s1. The second-order valence-corrected chi connectivity index (χ2v) is 12.2. The molecule has 1 atom stereocenters. The molecule has 0 saturated heterocycles. The fourth-order valence-corrected chi connectivity index (χ4v) is 3.57. The summed E-state index contributed by atoms with van der Waals surface area (Å²) in [6, 6.07) is 7.97. The summed E-state index contributed by atoms with van der Waals surface area (Å²) >= 11 is 5.89. The molecule has 0 aliphatic heterocycles. The lowest BCUT2D eigenvalue weighted by molar-refractivity contribution is 0.254. The Bertz CT molecular complexity index is 398. The van der Waals surface area contributed by atoms with E-state index in [1.54, 1.807) is 0 Å². The lowest BCUT2D eigenvalue weighted by Gasteiger charge is -2.40. The number of hydrogen-bond donors (Lipinski definition) is 2. The summed E-state index contributed by atoms with van der Waals surface area (Å²) in [5, 5.41) is 10.6. The summed E-state index contributed by atoms with van der Waals surface area (Å²) in [7, 11) is -1.59. The van der Waals surface area contributed by atoms with E-state index in [4.69, 9.17) is 11.6 Å². The molecule has 0 spiro atoms. The molecule has 4 heteroatoms. The Morgan fingerprint density at radius 2 is 1.74 bits per heavy atom. The third-order valence-corrected chi connectivity index (χ3v) is 9.19. The number of halogens is 1. The SMILES string of the molecule is CC(C)(C)[Si](C)(C)N[C@H](CO)Cc1ccc(Cl)cc1. The second-order valence-electron chi connectivity index (χ2n) is 6.73. The summed E-state index contributed by atoms with van der Waals surface area (Å²) in [5.74, 6) is 0. The Morgan fingerprint density at radius 1 is 1.21 bits per heavy atom. The van der Waals surface area contributed by atoms with E-state index >= 15 is 0 Å². The highest BCUT2D eigenvalue weighted by atomic mass is 35.5. The Kier molecular flexibility index (Phi) is 5.62. The Balaban J connectivity index is 2.72. The molecule has 0 unspecified atom stereocenters. The minimum absolute atomic E-state index is 0.113. The molecule has 1 aromatic carbocycles. The van der Waals surface area contributed by atoms with E-state index in [9.17, 15) is 5.11 Å². The number of aliphatic hydroxyl groups excluding tert-OH is 1. The number of hydrogen-bond acceptors (Lipinski definition) is 2. The first-order valence-electron chi connectivity index (χ1n) is 6.79. The van der Waals surface area contributed by atoms with Crippen LogP contribution in [0.25, 0.3) is 0 Å². The van der Waals surface area contributed by atoms with Gasteiger partial charge in [-0.1, -0.05) is 57.6 Å². The van der Waals surface area contributed by atoms with Crippen LogP contribution in [-0.4, -0.2) is 26.0 Å². The van der Waals surface area contributed by atoms with Crippen molar-refractivity contribution in [2.24, 2.45) is 0 Å². The largest absolute Gasteiger partial charge is 0.395 e. The van der Waals surface area contributed by atoms with E-state index in [-0.39, 0.29) is 17.7 Å². The summed E-state index contributed by atoms with van der Waals surface area (Å²) in [6.07, 6.45) is 0.834. The van der Waals surface area contributed by atoms with Gasteiger partial charge < -0.3 is 10.1 Å². The molecule has 0 aromatic heterocycles. The van der Waals surface area contributed by atoms with E-state index in [0.717, 1.165) is 11.4 Å². The molecule has 0 aliphatic carbocycles. The third-order valence-electron chi connectivity index (χ3n) is 4.06. The normalized spacial score (nSPS) is 14.5. The second kappa shape index (κ2) is 6.40. The Morgan fingerprint density at radius 3 is 2.16 bits per heavy atom. The highest BCUT2D eigenvalue weighted by molar-refractivity contribution is 6.77. The smallest absolute Gasteiger partial charge is 0.125 e. The predicted octanol–water partition coefficient (Wildman–Crippen LogP) is 3.84.